The maximum Gasteiger partial charge on any atom is 0.200 e. The van der Waals surface area contributed by atoms with Crippen LogP contribution in [0.1, 0.15) is 13.8 Å². The van der Waals surface area contributed by atoms with E-state index in [0.29, 0.717) is 0 Å². The molecule has 2 aromatic rings. The third-order valence-electron chi connectivity index (χ3n) is 4.76. The molecule has 0 radical (unpaired) electrons. The minimum absolute atomic E-state index is 0.0659. The lowest BCUT2D eigenvalue weighted by Gasteiger charge is -2.20. The molecule has 0 N–H and O–H groups in total. The first kappa shape index (κ1) is 17.3. The Balaban J connectivity index is 1.42. The molecule has 0 spiro atoms. The normalized spacial score (nSPS) is 19.6. The molecule has 0 aromatic heterocycles. The fraction of sp³-hybridized carbons (Fsp3) is 0.217. The summed E-state index contributed by atoms with van der Waals surface area (Å²) < 4.78 is 12.0. The van der Waals surface area contributed by atoms with Crippen molar-refractivity contribution < 1.29 is 9.47 Å². The molecule has 4 heteroatoms. The first-order valence-corrected chi connectivity index (χ1v) is 9.43. The Hall–Kier alpha value is -3.14. The highest BCUT2D eigenvalue weighted by atomic mass is 16.5. The number of allylic oxidation sites excluding steroid dienone is 4. The number of rotatable bonds is 5. The summed E-state index contributed by atoms with van der Waals surface area (Å²) in [5.74, 6) is 2.70. The Labute approximate surface area is 160 Å². The van der Waals surface area contributed by atoms with E-state index in [2.05, 4.69) is 41.9 Å². The molecule has 4 nitrogen and oxygen atoms in total. The van der Waals surface area contributed by atoms with Crippen molar-refractivity contribution in [3.05, 3.63) is 84.8 Å². The van der Waals surface area contributed by atoms with Crippen LogP contribution in [0.4, 0.5) is 11.4 Å². The largest absolute Gasteiger partial charge is 0.465 e. The van der Waals surface area contributed by atoms with E-state index in [1.54, 1.807) is 0 Å². The molecule has 2 aromatic carbocycles. The second-order valence-electron chi connectivity index (χ2n) is 6.35. The average molecular weight is 360 g/mol. The SMILES string of the molecule is CCN1\C(=C/C=C/C=C/C2Oc3ccccc3N2CC)Oc2ccccc21. The minimum atomic E-state index is -0.0659. The molecule has 1 unspecified atom stereocenters. The van der Waals surface area contributed by atoms with Crippen LogP contribution in [0.2, 0.25) is 0 Å². The first-order chi connectivity index (χ1) is 13.3. The van der Waals surface area contributed by atoms with E-state index >= 15 is 0 Å². The zero-order valence-electron chi connectivity index (χ0n) is 15.7. The number of fused-ring (bicyclic) bond motifs is 2. The summed E-state index contributed by atoms with van der Waals surface area (Å²) >= 11 is 0. The smallest absolute Gasteiger partial charge is 0.200 e. The van der Waals surface area contributed by atoms with Gasteiger partial charge < -0.3 is 19.3 Å². The second kappa shape index (κ2) is 7.62. The third kappa shape index (κ3) is 3.31. The van der Waals surface area contributed by atoms with Crippen LogP contribution >= 0.6 is 0 Å². The van der Waals surface area contributed by atoms with E-state index in [-0.39, 0.29) is 6.23 Å². The van der Waals surface area contributed by atoms with Crippen molar-refractivity contribution >= 4 is 11.4 Å². The molecule has 2 aliphatic rings. The van der Waals surface area contributed by atoms with Gasteiger partial charge in [-0.1, -0.05) is 42.5 Å². The molecule has 138 valence electrons. The minimum Gasteiger partial charge on any atom is -0.465 e. The van der Waals surface area contributed by atoms with Crippen molar-refractivity contribution in [3.8, 4) is 11.5 Å². The summed E-state index contributed by atoms with van der Waals surface area (Å²) in [5.41, 5.74) is 2.27. The predicted molar refractivity (Wildman–Crippen MR) is 110 cm³/mol. The van der Waals surface area contributed by atoms with Crippen molar-refractivity contribution in [2.24, 2.45) is 0 Å². The van der Waals surface area contributed by atoms with Crippen LogP contribution in [0.25, 0.3) is 0 Å². The highest BCUT2D eigenvalue weighted by Crippen LogP contribution is 2.38. The summed E-state index contributed by atoms with van der Waals surface area (Å²) in [7, 11) is 0. The predicted octanol–water partition coefficient (Wildman–Crippen LogP) is 5.10. The van der Waals surface area contributed by atoms with E-state index in [0.717, 1.165) is 41.8 Å². The van der Waals surface area contributed by atoms with E-state index < -0.39 is 0 Å². The van der Waals surface area contributed by atoms with Gasteiger partial charge in [0.25, 0.3) is 0 Å². The molecule has 1 atom stereocenters. The standard InChI is InChI=1S/C23H24N2O2/c1-3-24-18-12-8-10-14-20(18)26-22(24)16-6-5-7-17-23-25(4-2)19-13-9-11-15-21(19)27-23/h5-17,22H,3-4H2,1-2H3/b7-5+,16-6+,23-17+. The fourth-order valence-corrected chi connectivity index (χ4v) is 3.48. The molecule has 0 saturated heterocycles. The maximum absolute atomic E-state index is 6.02. The van der Waals surface area contributed by atoms with Crippen molar-refractivity contribution in [2.45, 2.75) is 20.1 Å². The van der Waals surface area contributed by atoms with Gasteiger partial charge in [0.2, 0.25) is 5.88 Å². The lowest BCUT2D eigenvalue weighted by molar-refractivity contribution is 0.275. The molecular weight excluding hydrogens is 336 g/mol. The zero-order chi connectivity index (χ0) is 18.6. The van der Waals surface area contributed by atoms with Crippen LogP contribution in [0.15, 0.2) is 84.8 Å². The molecular formula is C23H24N2O2. The van der Waals surface area contributed by atoms with Gasteiger partial charge in [-0.2, -0.15) is 0 Å². The molecule has 4 rings (SSSR count). The number of nitrogens with zero attached hydrogens (tertiary/aromatic N) is 2. The lowest BCUT2D eigenvalue weighted by Crippen LogP contribution is -2.32. The topological polar surface area (TPSA) is 24.9 Å². The average Bonchev–Trinajstić information content (AvgIpc) is 3.24. The van der Waals surface area contributed by atoms with Crippen molar-refractivity contribution in [1.82, 2.24) is 0 Å². The van der Waals surface area contributed by atoms with Gasteiger partial charge in [0, 0.05) is 13.1 Å². The maximum atomic E-state index is 6.02. The van der Waals surface area contributed by atoms with E-state index in [1.165, 1.54) is 0 Å². The highest BCUT2D eigenvalue weighted by Gasteiger charge is 2.27. The van der Waals surface area contributed by atoms with E-state index in [4.69, 9.17) is 9.47 Å². The Bertz CT molecular complexity index is 901. The number of likely N-dealkylation sites (N-methyl/N-ethyl adjacent to an activating group) is 1. The fourth-order valence-electron chi connectivity index (χ4n) is 3.48. The van der Waals surface area contributed by atoms with Crippen LogP contribution in [0.3, 0.4) is 0 Å². The van der Waals surface area contributed by atoms with Gasteiger partial charge in [-0.3, -0.25) is 0 Å². The Morgan fingerprint density at radius 3 is 2.37 bits per heavy atom. The van der Waals surface area contributed by atoms with Gasteiger partial charge in [-0.05, 0) is 50.3 Å². The van der Waals surface area contributed by atoms with Crippen LogP contribution in [0, 0.1) is 0 Å². The number of benzene rings is 2. The Morgan fingerprint density at radius 1 is 0.852 bits per heavy atom. The zero-order valence-corrected chi connectivity index (χ0v) is 15.7. The van der Waals surface area contributed by atoms with Gasteiger partial charge in [0.15, 0.2) is 12.0 Å². The van der Waals surface area contributed by atoms with Crippen LogP contribution in [-0.2, 0) is 0 Å². The summed E-state index contributed by atoms with van der Waals surface area (Å²) in [6.45, 7) is 6.03. The summed E-state index contributed by atoms with van der Waals surface area (Å²) in [6, 6.07) is 16.3. The molecule has 2 heterocycles. The van der Waals surface area contributed by atoms with Crippen LogP contribution in [-0.4, -0.2) is 19.3 Å². The van der Waals surface area contributed by atoms with Crippen molar-refractivity contribution in [3.63, 3.8) is 0 Å². The number of ether oxygens (including phenoxy) is 2. The summed E-state index contributed by atoms with van der Waals surface area (Å²) in [6.07, 6.45) is 10.0. The highest BCUT2D eigenvalue weighted by molar-refractivity contribution is 5.66. The Morgan fingerprint density at radius 2 is 1.59 bits per heavy atom. The van der Waals surface area contributed by atoms with Crippen LogP contribution in [0.5, 0.6) is 11.5 Å². The molecule has 2 aliphatic heterocycles. The lowest BCUT2D eigenvalue weighted by atomic mass is 10.3. The van der Waals surface area contributed by atoms with Gasteiger partial charge >= 0.3 is 0 Å². The van der Waals surface area contributed by atoms with Crippen LogP contribution < -0.4 is 19.3 Å². The van der Waals surface area contributed by atoms with E-state index in [1.807, 2.05) is 60.7 Å². The second-order valence-corrected chi connectivity index (χ2v) is 6.35. The van der Waals surface area contributed by atoms with Gasteiger partial charge in [0.1, 0.15) is 5.75 Å². The summed E-state index contributed by atoms with van der Waals surface area (Å²) in [5, 5.41) is 0. The number of para-hydroxylation sites is 4. The van der Waals surface area contributed by atoms with Crippen molar-refractivity contribution in [2.75, 3.05) is 22.9 Å². The molecule has 0 aliphatic carbocycles. The number of hydrogen-bond donors (Lipinski definition) is 0. The van der Waals surface area contributed by atoms with E-state index in [9.17, 15) is 0 Å². The quantitative estimate of drug-likeness (QED) is 0.692. The number of hydrogen-bond acceptors (Lipinski definition) is 4. The molecule has 27 heavy (non-hydrogen) atoms. The molecule has 0 amide bonds. The molecule has 0 saturated carbocycles. The first-order valence-electron chi connectivity index (χ1n) is 9.43. The van der Waals surface area contributed by atoms with Gasteiger partial charge in [-0.15, -0.1) is 0 Å². The third-order valence-corrected chi connectivity index (χ3v) is 4.76. The molecule has 0 bridgehead atoms. The monoisotopic (exact) mass is 360 g/mol. The van der Waals surface area contributed by atoms with Gasteiger partial charge in [-0.25, -0.2) is 0 Å². The molecule has 0 fully saturated rings. The number of anilines is 2. The Kier molecular flexibility index (Phi) is 4.88. The van der Waals surface area contributed by atoms with Gasteiger partial charge in [0.05, 0.1) is 11.4 Å². The summed E-state index contributed by atoms with van der Waals surface area (Å²) in [4.78, 5) is 4.41. The van der Waals surface area contributed by atoms with Crippen molar-refractivity contribution in [1.29, 1.82) is 0 Å².